The molecule has 2 aromatic carbocycles. The Morgan fingerprint density at radius 3 is 1.14 bits per heavy atom. The van der Waals surface area contributed by atoms with Gasteiger partial charge in [0.25, 0.3) is 0 Å². The summed E-state index contributed by atoms with van der Waals surface area (Å²) >= 11 is 25.5. The number of rotatable bonds is 7. The van der Waals surface area contributed by atoms with Crippen LogP contribution in [0.2, 0.25) is 20.1 Å². The molecule has 2 atom stereocenters. The smallest absolute Gasteiger partial charge is 1.00 e. The van der Waals surface area contributed by atoms with Gasteiger partial charge in [0, 0.05) is 11.1 Å². The standard InChI is InChI=1S/C18H20Cl4N2O2.2ClH.Pt/c1-3-23-17(15-11(19)5-9(25)6-12(15)20)18(24-4-2)16-13(21)7-10(26)8-14(16)22;;;/h5-8,17-18,23-26H,3-4H2,1-2H3;2*1H;/q;;;+2/p-2. The third-order valence-corrected chi connectivity index (χ3v) is 5.18. The average molecular weight is 704 g/mol. The predicted molar refractivity (Wildman–Crippen MR) is 109 cm³/mol. The number of halogens is 6. The maximum atomic E-state index is 9.73. The summed E-state index contributed by atoms with van der Waals surface area (Å²) < 4.78 is 0. The van der Waals surface area contributed by atoms with Gasteiger partial charge in [0.1, 0.15) is 11.5 Å². The van der Waals surface area contributed by atoms with Crippen molar-refractivity contribution in [2.75, 3.05) is 13.1 Å². The second-order valence-corrected chi connectivity index (χ2v) is 7.35. The van der Waals surface area contributed by atoms with Crippen LogP contribution < -0.4 is 35.4 Å². The first-order valence-corrected chi connectivity index (χ1v) is 9.63. The van der Waals surface area contributed by atoms with Gasteiger partial charge in [-0.15, -0.1) is 0 Å². The van der Waals surface area contributed by atoms with E-state index in [1.54, 1.807) is 0 Å². The third kappa shape index (κ3) is 7.79. The van der Waals surface area contributed by atoms with E-state index in [2.05, 4.69) is 10.6 Å². The van der Waals surface area contributed by atoms with Gasteiger partial charge in [-0.25, -0.2) is 0 Å². The third-order valence-electron chi connectivity index (χ3n) is 3.93. The molecule has 0 aromatic heterocycles. The van der Waals surface area contributed by atoms with Crippen LogP contribution in [0, 0.1) is 0 Å². The fourth-order valence-corrected chi connectivity index (χ4v) is 4.37. The zero-order valence-electron chi connectivity index (χ0n) is 15.4. The number of hydrogen-bond donors (Lipinski definition) is 4. The van der Waals surface area contributed by atoms with E-state index in [0.717, 1.165) is 0 Å². The van der Waals surface area contributed by atoms with Crippen LogP contribution in [0.4, 0.5) is 0 Å². The Hall–Kier alpha value is 0.388. The van der Waals surface area contributed by atoms with Crippen molar-refractivity contribution in [3.05, 3.63) is 55.5 Å². The molecule has 0 aliphatic rings. The number of phenolic OH excluding ortho intramolecular Hbond substituents is 2. The largest absolute Gasteiger partial charge is 2.00 e. The van der Waals surface area contributed by atoms with E-state index < -0.39 is 0 Å². The van der Waals surface area contributed by atoms with Crippen LogP contribution in [-0.2, 0) is 21.1 Å². The molecule has 0 bridgehead atoms. The Balaban J connectivity index is 0. The van der Waals surface area contributed by atoms with Crippen LogP contribution in [0.1, 0.15) is 37.1 Å². The maximum absolute atomic E-state index is 9.73. The number of aromatic hydroxyl groups is 2. The Morgan fingerprint density at radius 1 is 0.690 bits per heavy atom. The molecule has 2 aromatic rings. The van der Waals surface area contributed by atoms with Crippen molar-refractivity contribution in [2.24, 2.45) is 0 Å². The topological polar surface area (TPSA) is 64.5 Å². The van der Waals surface area contributed by atoms with Crippen molar-refractivity contribution in [3.8, 4) is 11.5 Å². The van der Waals surface area contributed by atoms with Gasteiger partial charge in [-0.1, -0.05) is 60.3 Å². The molecule has 11 heteroatoms. The van der Waals surface area contributed by atoms with Gasteiger partial charge in [-0.2, -0.15) is 0 Å². The van der Waals surface area contributed by atoms with Gasteiger partial charge in [-0.3, -0.25) is 0 Å². The van der Waals surface area contributed by atoms with Crippen LogP contribution in [0.5, 0.6) is 11.5 Å². The summed E-state index contributed by atoms with van der Waals surface area (Å²) in [5.41, 5.74) is 1.25. The Morgan fingerprint density at radius 2 is 0.931 bits per heavy atom. The first kappa shape index (κ1) is 31.6. The fraction of sp³-hybridized carbons (Fsp3) is 0.333. The molecule has 0 fully saturated rings. The molecule has 0 heterocycles. The van der Waals surface area contributed by atoms with E-state index in [-0.39, 0.29) is 69.5 Å². The molecule has 2 unspecified atom stereocenters. The fourth-order valence-electron chi connectivity index (χ4n) is 2.95. The van der Waals surface area contributed by atoms with Gasteiger partial charge in [0.05, 0.1) is 32.2 Å². The van der Waals surface area contributed by atoms with Crippen molar-refractivity contribution in [1.82, 2.24) is 10.6 Å². The summed E-state index contributed by atoms with van der Waals surface area (Å²) in [5, 5.41) is 27.5. The summed E-state index contributed by atoms with van der Waals surface area (Å²) in [7, 11) is 0. The van der Waals surface area contributed by atoms with Crippen molar-refractivity contribution >= 4 is 46.4 Å². The van der Waals surface area contributed by atoms with Crippen molar-refractivity contribution in [1.29, 1.82) is 0 Å². The maximum Gasteiger partial charge on any atom is 2.00 e. The van der Waals surface area contributed by atoms with Gasteiger partial charge in [0.2, 0.25) is 0 Å². The van der Waals surface area contributed by atoms with Crippen LogP contribution in [0.15, 0.2) is 24.3 Å². The molecule has 0 aliphatic carbocycles. The Labute approximate surface area is 217 Å². The molecule has 0 saturated carbocycles. The Bertz CT molecular complexity index is 685. The number of benzene rings is 2. The van der Waals surface area contributed by atoms with E-state index in [4.69, 9.17) is 46.4 Å². The normalized spacial score (nSPS) is 12.2. The second kappa shape index (κ2) is 14.5. The quantitative estimate of drug-likeness (QED) is 0.321. The summed E-state index contributed by atoms with van der Waals surface area (Å²) in [5.74, 6) is -0.0283. The summed E-state index contributed by atoms with van der Waals surface area (Å²) in [6, 6.07) is 5.01. The monoisotopic (exact) mass is 701 g/mol. The molecule has 0 spiro atoms. The summed E-state index contributed by atoms with van der Waals surface area (Å²) in [6.45, 7) is 5.18. The number of hydrogen-bond acceptors (Lipinski definition) is 4. The van der Waals surface area contributed by atoms with Gasteiger partial charge < -0.3 is 45.7 Å². The minimum atomic E-state index is -0.375. The Kier molecular flexibility index (Phi) is 15.7. The molecule has 166 valence electrons. The first-order chi connectivity index (χ1) is 12.3. The minimum absolute atomic E-state index is 0. The zero-order chi connectivity index (χ0) is 19.4. The van der Waals surface area contributed by atoms with Gasteiger partial charge in [0.15, 0.2) is 0 Å². The number of nitrogens with one attached hydrogen (secondary N) is 2. The summed E-state index contributed by atoms with van der Waals surface area (Å²) in [4.78, 5) is 0. The second-order valence-electron chi connectivity index (χ2n) is 5.72. The molecule has 4 nitrogen and oxygen atoms in total. The molecule has 29 heavy (non-hydrogen) atoms. The molecule has 4 N–H and O–H groups in total. The minimum Gasteiger partial charge on any atom is -1.00 e. The molecule has 2 rings (SSSR count). The van der Waals surface area contributed by atoms with Crippen LogP contribution in [0.3, 0.4) is 0 Å². The van der Waals surface area contributed by atoms with Crippen LogP contribution in [0.25, 0.3) is 0 Å². The average Bonchev–Trinajstić information content (AvgIpc) is 2.51. The molecular formula is C18H20Cl6N2O2Pt. The molecular weight excluding hydrogens is 684 g/mol. The SMILES string of the molecule is CCNC(c1c(Cl)cc(O)cc1Cl)C(NCC)c1c(Cl)cc(O)cc1Cl.[Cl-].[Cl-].[Pt+2]. The van der Waals surface area contributed by atoms with E-state index >= 15 is 0 Å². The molecule has 0 radical (unpaired) electrons. The van der Waals surface area contributed by atoms with E-state index in [1.807, 2.05) is 13.8 Å². The molecule has 0 amide bonds. The first-order valence-electron chi connectivity index (χ1n) is 8.12. The van der Waals surface area contributed by atoms with Crippen LogP contribution in [-0.4, -0.2) is 23.3 Å². The molecule has 0 saturated heterocycles. The van der Waals surface area contributed by atoms with Gasteiger partial charge in [-0.05, 0) is 37.4 Å². The van der Waals surface area contributed by atoms with Crippen molar-refractivity contribution < 1.29 is 56.1 Å². The van der Waals surface area contributed by atoms with Crippen LogP contribution >= 0.6 is 46.4 Å². The number of phenols is 2. The van der Waals surface area contributed by atoms with Gasteiger partial charge >= 0.3 is 21.1 Å². The van der Waals surface area contributed by atoms with E-state index in [1.165, 1.54) is 24.3 Å². The van der Waals surface area contributed by atoms with Crippen molar-refractivity contribution in [2.45, 2.75) is 25.9 Å². The summed E-state index contributed by atoms with van der Waals surface area (Å²) in [6.07, 6.45) is 0. The number of likely N-dealkylation sites (N-methyl/N-ethyl adjacent to an activating group) is 2. The predicted octanol–water partition coefficient (Wildman–Crippen LogP) is -0.282. The molecule has 0 aliphatic heterocycles. The van der Waals surface area contributed by atoms with E-state index in [9.17, 15) is 10.2 Å². The van der Waals surface area contributed by atoms with Crippen molar-refractivity contribution in [3.63, 3.8) is 0 Å². The van der Waals surface area contributed by atoms with E-state index in [0.29, 0.717) is 44.3 Å². The zero-order valence-corrected chi connectivity index (χ0v) is 22.2.